The molecule has 2 aliphatic rings. The summed E-state index contributed by atoms with van der Waals surface area (Å²) in [6.45, 7) is 14.3. The molecule has 2 saturated carbocycles. The lowest BCUT2D eigenvalue weighted by Crippen LogP contribution is -2.67. The number of benzene rings is 3. The number of nitrogens with one attached hydrogen (secondary N) is 1. The van der Waals surface area contributed by atoms with Crippen LogP contribution in [0, 0.1) is 36.0 Å². The van der Waals surface area contributed by atoms with Crippen molar-refractivity contribution < 1.29 is 22.4 Å². The van der Waals surface area contributed by atoms with E-state index in [1.54, 1.807) is 24.3 Å². The predicted octanol–water partition coefficient (Wildman–Crippen LogP) is 7.24. The molecule has 0 bridgehead atoms. The molecule has 2 aliphatic carbocycles. The molecule has 0 heterocycles. The molecule has 0 amide bonds. The lowest BCUT2D eigenvalue weighted by atomic mass is 9.58. The Morgan fingerprint density at radius 3 is 2.12 bits per heavy atom. The molecule has 0 saturated heterocycles. The summed E-state index contributed by atoms with van der Waals surface area (Å²) in [4.78, 5) is 15.1. The topological polar surface area (TPSA) is 94.1 Å². The van der Waals surface area contributed by atoms with Gasteiger partial charge in [0.25, 0.3) is 18.3 Å². The average Bonchev–Trinajstić information content (AvgIpc) is 3.44. The number of ether oxygens (including phenoxy) is 1. The van der Waals surface area contributed by atoms with E-state index in [1.165, 1.54) is 17.5 Å². The Morgan fingerprint density at radius 1 is 0.980 bits per heavy atom. The van der Waals surface area contributed by atoms with Crippen LogP contribution in [0.2, 0.25) is 5.04 Å². The monoisotopic (exact) mass is 702 g/mol. The van der Waals surface area contributed by atoms with Gasteiger partial charge in [-0.15, -0.1) is 0 Å². The predicted molar refractivity (Wildman–Crippen MR) is 200 cm³/mol. The maximum absolute atomic E-state index is 13.2. The summed E-state index contributed by atoms with van der Waals surface area (Å²) in [5.74, 6) is 0.717. The van der Waals surface area contributed by atoms with Crippen molar-refractivity contribution in [1.82, 2.24) is 4.83 Å². The Balaban J connectivity index is 1.40. The van der Waals surface area contributed by atoms with E-state index < -0.39 is 18.3 Å². The molecule has 0 spiro atoms. The van der Waals surface area contributed by atoms with Crippen molar-refractivity contribution >= 4 is 40.4 Å². The van der Waals surface area contributed by atoms with Crippen LogP contribution < -0.4 is 15.2 Å². The minimum Gasteiger partial charge on any atom is -0.469 e. The van der Waals surface area contributed by atoms with Crippen LogP contribution in [0.15, 0.2) is 94.9 Å². The van der Waals surface area contributed by atoms with E-state index >= 15 is 0 Å². The highest BCUT2D eigenvalue weighted by atomic mass is 32.2. The minimum atomic E-state index is -3.82. The standard InChI is InChI=1S/C40H54N2O5SSi/c1-29-18-20-31(21-19-29)48(44,45)42-41-37-26-27-40(6)35(23-24-36(40)34(37)22-25-38(43)46-7)30(2)28-47-49(39(3,4)5,32-14-10-8-11-15-32)33-16-12-9-13-17-33/h8-21,30,34-36,42H,22-28H2,1-7H3/t30?,34-,35+,36-,40+/m0/s1. The van der Waals surface area contributed by atoms with Crippen LogP contribution in [0.25, 0.3) is 0 Å². The van der Waals surface area contributed by atoms with Gasteiger partial charge in [-0.1, -0.05) is 113 Å². The number of esters is 1. The first kappa shape index (κ1) is 37.0. The number of hydrazone groups is 1. The Bertz CT molecular complexity index is 1670. The van der Waals surface area contributed by atoms with Gasteiger partial charge in [0, 0.05) is 24.7 Å². The SMILES string of the molecule is COC(=O)CC[C@@H]1C(=NNS(=O)(=O)c2ccc(C)cc2)CC[C@]2(C)[C@@H](C(C)CO[Si](c3ccccc3)(c3ccccc3)C(C)(C)C)CC[C@@H]12. The molecule has 3 aromatic carbocycles. The number of hydrogen-bond donors (Lipinski definition) is 1. The minimum absolute atomic E-state index is 0.00383. The molecule has 9 heteroatoms. The maximum Gasteiger partial charge on any atom is 0.305 e. The molecular weight excluding hydrogens is 649 g/mol. The highest BCUT2D eigenvalue weighted by molar-refractivity contribution is 7.89. The summed E-state index contributed by atoms with van der Waals surface area (Å²) in [7, 11) is -5.09. The number of sulfonamides is 1. The molecule has 49 heavy (non-hydrogen) atoms. The van der Waals surface area contributed by atoms with Crippen LogP contribution >= 0.6 is 0 Å². The van der Waals surface area contributed by atoms with Gasteiger partial charge in [-0.05, 0) is 89.7 Å². The van der Waals surface area contributed by atoms with Crippen LogP contribution in [0.3, 0.4) is 0 Å². The zero-order valence-electron chi connectivity index (χ0n) is 30.2. The Kier molecular flexibility index (Phi) is 11.3. The first-order valence-corrected chi connectivity index (χ1v) is 21.1. The van der Waals surface area contributed by atoms with Crippen LogP contribution in [-0.2, 0) is 24.0 Å². The van der Waals surface area contributed by atoms with Gasteiger partial charge in [0.05, 0.1) is 12.0 Å². The highest BCUT2D eigenvalue weighted by Gasteiger charge is 2.55. The lowest BCUT2D eigenvalue weighted by Gasteiger charge is -2.48. The van der Waals surface area contributed by atoms with Crippen LogP contribution in [0.1, 0.15) is 78.7 Å². The third-order valence-corrected chi connectivity index (χ3v) is 17.7. The van der Waals surface area contributed by atoms with Crippen molar-refractivity contribution in [1.29, 1.82) is 0 Å². The van der Waals surface area contributed by atoms with Crippen molar-refractivity contribution in [3.8, 4) is 0 Å². The summed E-state index contributed by atoms with van der Waals surface area (Å²) in [5.41, 5.74) is 1.82. The number of hydrogen-bond acceptors (Lipinski definition) is 6. The third kappa shape index (κ3) is 7.59. The fraction of sp³-hybridized carbons (Fsp3) is 0.500. The van der Waals surface area contributed by atoms with Gasteiger partial charge in [-0.3, -0.25) is 4.79 Å². The molecule has 0 radical (unpaired) electrons. The summed E-state index contributed by atoms with van der Waals surface area (Å²) < 4.78 is 38.8. The van der Waals surface area contributed by atoms with Gasteiger partial charge < -0.3 is 9.16 Å². The van der Waals surface area contributed by atoms with E-state index in [2.05, 4.69) is 105 Å². The van der Waals surface area contributed by atoms with Crippen molar-refractivity contribution in [2.45, 2.75) is 90.0 Å². The van der Waals surface area contributed by atoms with Gasteiger partial charge >= 0.3 is 5.97 Å². The molecule has 1 N–H and O–H groups in total. The summed E-state index contributed by atoms with van der Waals surface area (Å²) in [6, 6.07) is 28.4. The average molecular weight is 703 g/mol. The maximum atomic E-state index is 13.2. The molecular formula is C40H54N2O5SSi. The number of methoxy groups -OCH3 is 1. The molecule has 264 valence electrons. The summed E-state index contributed by atoms with van der Waals surface area (Å²) >= 11 is 0. The molecule has 5 atom stereocenters. The summed E-state index contributed by atoms with van der Waals surface area (Å²) in [5, 5.41) is 7.04. The van der Waals surface area contributed by atoms with Gasteiger partial charge in [0.15, 0.2) is 0 Å². The molecule has 7 nitrogen and oxygen atoms in total. The quantitative estimate of drug-likeness (QED) is 0.122. The smallest absolute Gasteiger partial charge is 0.305 e. The number of nitrogens with zero attached hydrogens (tertiary/aromatic N) is 1. The second kappa shape index (κ2) is 14.9. The molecule has 2 fully saturated rings. The van der Waals surface area contributed by atoms with Crippen molar-refractivity contribution in [3.63, 3.8) is 0 Å². The van der Waals surface area contributed by atoms with E-state index in [1.807, 2.05) is 6.92 Å². The number of rotatable bonds is 12. The van der Waals surface area contributed by atoms with E-state index in [-0.39, 0.29) is 39.6 Å². The lowest BCUT2D eigenvalue weighted by molar-refractivity contribution is -0.141. The second-order valence-electron chi connectivity index (χ2n) is 15.5. The normalized spacial score (nSPS) is 24.3. The van der Waals surface area contributed by atoms with Gasteiger partial charge in [-0.25, -0.2) is 4.83 Å². The second-order valence-corrected chi connectivity index (χ2v) is 21.4. The van der Waals surface area contributed by atoms with Crippen LogP contribution in [0.4, 0.5) is 0 Å². The third-order valence-electron chi connectivity index (χ3n) is 11.5. The largest absolute Gasteiger partial charge is 0.469 e. The molecule has 1 unspecified atom stereocenters. The molecule has 0 aromatic heterocycles. The van der Waals surface area contributed by atoms with Crippen LogP contribution in [-0.4, -0.2) is 42.1 Å². The first-order chi connectivity index (χ1) is 23.2. The zero-order valence-corrected chi connectivity index (χ0v) is 32.1. The zero-order chi connectivity index (χ0) is 35.5. The van der Waals surface area contributed by atoms with E-state index in [0.717, 1.165) is 30.5 Å². The Morgan fingerprint density at radius 2 is 1.57 bits per heavy atom. The molecule has 3 aromatic rings. The Labute approximate surface area is 295 Å². The molecule has 0 aliphatic heterocycles. The molecule has 5 rings (SSSR count). The number of carbonyl (C=O) groups excluding carboxylic acids is 1. The highest BCUT2D eigenvalue weighted by Crippen LogP contribution is 2.60. The Hall–Kier alpha value is -3.27. The van der Waals surface area contributed by atoms with Crippen molar-refractivity contribution in [2.24, 2.45) is 34.2 Å². The first-order valence-electron chi connectivity index (χ1n) is 17.7. The van der Waals surface area contributed by atoms with Crippen molar-refractivity contribution in [2.75, 3.05) is 13.7 Å². The fourth-order valence-electron chi connectivity index (χ4n) is 8.98. The van der Waals surface area contributed by atoms with Crippen LogP contribution in [0.5, 0.6) is 0 Å². The number of fused-ring (bicyclic) bond motifs is 1. The number of carbonyl (C=O) groups is 1. The summed E-state index contributed by atoms with van der Waals surface area (Å²) in [6.07, 6.45) is 4.50. The van der Waals surface area contributed by atoms with Gasteiger partial charge in [-0.2, -0.15) is 13.5 Å². The van der Waals surface area contributed by atoms with Gasteiger partial charge in [0.2, 0.25) is 0 Å². The van der Waals surface area contributed by atoms with E-state index in [9.17, 15) is 13.2 Å². The number of aryl methyl sites for hydroxylation is 1. The van der Waals surface area contributed by atoms with Crippen molar-refractivity contribution in [3.05, 3.63) is 90.5 Å². The fourth-order valence-corrected chi connectivity index (χ4v) is 14.5. The van der Waals surface area contributed by atoms with E-state index in [0.29, 0.717) is 31.3 Å². The van der Waals surface area contributed by atoms with E-state index in [4.69, 9.17) is 9.16 Å². The van der Waals surface area contributed by atoms with Gasteiger partial charge in [0.1, 0.15) is 0 Å².